The molecule has 0 spiro atoms. The molecule has 0 aliphatic rings. The molecule has 18 heavy (non-hydrogen) atoms. The summed E-state index contributed by atoms with van der Waals surface area (Å²) < 4.78 is 0. The third kappa shape index (κ3) is 2.26. The molecule has 1 N–H and O–H groups in total. The Bertz CT molecular complexity index is 697. The summed E-state index contributed by atoms with van der Waals surface area (Å²) in [6.07, 6.45) is 1.66. The number of aromatic nitrogens is 2. The van der Waals surface area contributed by atoms with Gasteiger partial charge < -0.3 is 5.32 Å². The van der Waals surface area contributed by atoms with Gasteiger partial charge in [-0.1, -0.05) is 29.8 Å². The molecule has 0 saturated carbocycles. The molecule has 0 aliphatic heterocycles. The molecular weight excluding hydrogens is 246 g/mol. The van der Waals surface area contributed by atoms with E-state index in [4.69, 9.17) is 11.6 Å². The summed E-state index contributed by atoms with van der Waals surface area (Å²) in [6.45, 7) is 0. The normalized spacial score (nSPS) is 10.5. The van der Waals surface area contributed by atoms with Gasteiger partial charge in [-0.05, 0) is 30.3 Å². The highest BCUT2D eigenvalue weighted by Gasteiger charge is 2.00. The van der Waals surface area contributed by atoms with Crippen LogP contribution in [0.4, 0.5) is 11.6 Å². The molecule has 0 radical (unpaired) electrons. The molecule has 2 aromatic heterocycles. The highest BCUT2D eigenvalue weighted by Crippen LogP contribution is 2.19. The average molecular weight is 256 g/mol. The number of rotatable bonds is 2. The number of fused-ring (bicyclic) bond motifs is 1. The van der Waals surface area contributed by atoms with Crippen LogP contribution in [0, 0.1) is 0 Å². The Balaban J connectivity index is 1.95. The maximum atomic E-state index is 5.91. The average Bonchev–Trinajstić information content (AvgIpc) is 2.39. The minimum absolute atomic E-state index is 0.647. The van der Waals surface area contributed by atoms with Gasteiger partial charge in [0, 0.05) is 16.6 Å². The molecule has 0 bridgehead atoms. The van der Waals surface area contributed by atoms with E-state index in [1.165, 1.54) is 0 Å². The Hall–Kier alpha value is -2.13. The number of nitrogens with zero attached hydrogens (tertiary/aromatic N) is 2. The predicted molar refractivity (Wildman–Crippen MR) is 74.3 cm³/mol. The number of halogens is 1. The van der Waals surface area contributed by atoms with E-state index in [2.05, 4.69) is 15.3 Å². The van der Waals surface area contributed by atoms with Crippen LogP contribution < -0.4 is 5.32 Å². The van der Waals surface area contributed by atoms with Gasteiger partial charge in [0.2, 0.25) is 0 Å². The zero-order valence-electron chi connectivity index (χ0n) is 9.47. The monoisotopic (exact) mass is 255 g/mol. The molecule has 3 nitrogen and oxygen atoms in total. The first-order valence-electron chi connectivity index (χ1n) is 5.56. The van der Waals surface area contributed by atoms with Crippen molar-refractivity contribution in [3.05, 3.63) is 59.8 Å². The number of nitrogens with one attached hydrogen (secondary N) is 1. The highest BCUT2D eigenvalue weighted by molar-refractivity contribution is 6.30. The second-order valence-corrected chi connectivity index (χ2v) is 4.31. The number of pyridine rings is 2. The van der Waals surface area contributed by atoms with Gasteiger partial charge in [-0.15, -0.1) is 0 Å². The third-order valence-electron chi connectivity index (χ3n) is 2.58. The predicted octanol–water partition coefficient (Wildman–Crippen LogP) is 4.03. The van der Waals surface area contributed by atoms with Crippen molar-refractivity contribution in [1.29, 1.82) is 0 Å². The number of anilines is 2. The smallest absolute Gasteiger partial charge is 0.132 e. The van der Waals surface area contributed by atoms with Gasteiger partial charge in [-0.25, -0.2) is 9.97 Å². The maximum absolute atomic E-state index is 5.91. The lowest BCUT2D eigenvalue weighted by Crippen LogP contribution is -1.95. The molecule has 0 atom stereocenters. The van der Waals surface area contributed by atoms with Gasteiger partial charge in [-0.3, -0.25) is 0 Å². The van der Waals surface area contributed by atoms with Gasteiger partial charge in [0.25, 0.3) is 0 Å². The highest BCUT2D eigenvalue weighted by atomic mass is 35.5. The molecule has 1 aromatic carbocycles. The molecule has 3 rings (SSSR count). The summed E-state index contributed by atoms with van der Waals surface area (Å²) in [5.74, 6) is 1.44. The van der Waals surface area contributed by atoms with Crippen LogP contribution in [0.3, 0.4) is 0 Å². The summed E-state index contributed by atoms with van der Waals surface area (Å²) in [6, 6.07) is 15.4. The molecule has 0 fully saturated rings. The Kier molecular flexibility index (Phi) is 2.82. The summed E-state index contributed by atoms with van der Waals surface area (Å²) in [4.78, 5) is 8.69. The molecule has 0 amide bonds. The zero-order valence-corrected chi connectivity index (χ0v) is 10.2. The quantitative estimate of drug-likeness (QED) is 0.751. The largest absolute Gasteiger partial charge is 0.325 e. The van der Waals surface area contributed by atoms with E-state index >= 15 is 0 Å². The Morgan fingerprint density at radius 1 is 0.944 bits per heavy atom. The number of benzene rings is 1. The molecule has 0 unspecified atom stereocenters. The van der Waals surface area contributed by atoms with E-state index in [0.717, 1.165) is 16.7 Å². The van der Waals surface area contributed by atoms with E-state index in [1.54, 1.807) is 18.3 Å². The topological polar surface area (TPSA) is 37.8 Å². The lowest BCUT2D eigenvalue weighted by Gasteiger charge is -2.05. The number of hydrogen-bond donors (Lipinski definition) is 1. The molecule has 0 aliphatic carbocycles. The lowest BCUT2D eigenvalue weighted by molar-refractivity contribution is 1.28. The fourth-order valence-electron chi connectivity index (χ4n) is 1.74. The standard InChI is InChI=1S/C14H10ClN3/c15-11-7-8-16-14(9-11)18-13-6-5-10-3-1-2-4-12(10)17-13/h1-9H,(H,16,17,18). The minimum Gasteiger partial charge on any atom is -0.325 e. The molecule has 2 heterocycles. The lowest BCUT2D eigenvalue weighted by atomic mass is 10.2. The van der Waals surface area contributed by atoms with Gasteiger partial charge in [0.15, 0.2) is 0 Å². The minimum atomic E-state index is 0.647. The van der Waals surface area contributed by atoms with E-state index in [9.17, 15) is 0 Å². The third-order valence-corrected chi connectivity index (χ3v) is 2.81. The van der Waals surface area contributed by atoms with Crippen LogP contribution in [-0.4, -0.2) is 9.97 Å². The molecule has 0 saturated heterocycles. The van der Waals surface area contributed by atoms with Crippen LogP contribution in [0.15, 0.2) is 54.7 Å². The van der Waals surface area contributed by atoms with Crippen LogP contribution in [0.5, 0.6) is 0 Å². The zero-order chi connectivity index (χ0) is 12.4. The number of para-hydroxylation sites is 1. The number of hydrogen-bond acceptors (Lipinski definition) is 3. The van der Waals surface area contributed by atoms with Crippen molar-refractivity contribution in [1.82, 2.24) is 9.97 Å². The summed E-state index contributed by atoms with van der Waals surface area (Å²) in [5.41, 5.74) is 0.949. The first-order valence-corrected chi connectivity index (χ1v) is 5.93. The fourth-order valence-corrected chi connectivity index (χ4v) is 1.90. The van der Waals surface area contributed by atoms with Gasteiger partial charge in [-0.2, -0.15) is 0 Å². The second-order valence-electron chi connectivity index (χ2n) is 3.87. The first-order chi connectivity index (χ1) is 8.81. The summed E-state index contributed by atoms with van der Waals surface area (Å²) in [5, 5.41) is 4.89. The van der Waals surface area contributed by atoms with Crippen LogP contribution in [0.2, 0.25) is 5.02 Å². The van der Waals surface area contributed by atoms with Crippen LogP contribution in [0.1, 0.15) is 0 Å². The SMILES string of the molecule is Clc1ccnc(Nc2ccc3ccccc3n2)c1. The Labute approximate surface area is 109 Å². The molecule has 3 aromatic rings. The van der Waals surface area contributed by atoms with Crippen molar-refractivity contribution in [2.45, 2.75) is 0 Å². The van der Waals surface area contributed by atoms with Crippen molar-refractivity contribution < 1.29 is 0 Å². The van der Waals surface area contributed by atoms with Crippen LogP contribution in [-0.2, 0) is 0 Å². The summed E-state index contributed by atoms with van der Waals surface area (Å²) >= 11 is 5.91. The molecule has 88 valence electrons. The summed E-state index contributed by atoms with van der Waals surface area (Å²) in [7, 11) is 0. The molecular formula is C14H10ClN3. The Morgan fingerprint density at radius 2 is 1.83 bits per heavy atom. The van der Waals surface area contributed by atoms with Gasteiger partial charge in [0.05, 0.1) is 5.52 Å². The van der Waals surface area contributed by atoms with Gasteiger partial charge >= 0.3 is 0 Å². The van der Waals surface area contributed by atoms with E-state index in [1.807, 2.05) is 36.4 Å². The van der Waals surface area contributed by atoms with E-state index in [-0.39, 0.29) is 0 Å². The van der Waals surface area contributed by atoms with Crippen LogP contribution >= 0.6 is 11.6 Å². The maximum Gasteiger partial charge on any atom is 0.132 e. The molecule has 4 heteroatoms. The Morgan fingerprint density at radius 3 is 2.72 bits per heavy atom. The van der Waals surface area contributed by atoms with Gasteiger partial charge in [0.1, 0.15) is 11.6 Å². The van der Waals surface area contributed by atoms with Crippen molar-refractivity contribution in [3.8, 4) is 0 Å². The van der Waals surface area contributed by atoms with Crippen molar-refractivity contribution in [2.24, 2.45) is 0 Å². The van der Waals surface area contributed by atoms with E-state index in [0.29, 0.717) is 10.8 Å². The second kappa shape index (κ2) is 4.63. The fraction of sp³-hybridized carbons (Fsp3) is 0. The van der Waals surface area contributed by atoms with E-state index < -0.39 is 0 Å². The van der Waals surface area contributed by atoms with Crippen molar-refractivity contribution in [3.63, 3.8) is 0 Å². The van der Waals surface area contributed by atoms with Crippen molar-refractivity contribution >= 4 is 34.1 Å². The van der Waals surface area contributed by atoms with Crippen LogP contribution in [0.25, 0.3) is 10.9 Å². The first kappa shape index (κ1) is 11.0. The van der Waals surface area contributed by atoms with Crippen molar-refractivity contribution in [2.75, 3.05) is 5.32 Å².